The Morgan fingerprint density at radius 1 is 1.32 bits per heavy atom. The summed E-state index contributed by atoms with van der Waals surface area (Å²) in [5.41, 5.74) is 1.19. The zero-order chi connectivity index (χ0) is 14.2. The first kappa shape index (κ1) is 14.3. The first-order valence-electron chi connectivity index (χ1n) is 5.93. The smallest absolute Gasteiger partial charge is 0.318 e. The SMILES string of the molecule is COC(=O)C(C)Sc1nc(C)nc2sc(C)c(C)c12. The van der Waals surface area contributed by atoms with Gasteiger partial charge in [0.25, 0.3) is 0 Å². The van der Waals surface area contributed by atoms with Crippen LogP contribution in [0.2, 0.25) is 0 Å². The Morgan fingerprint density at radius 2 is 2.00 bits per heavy atom. The van der Waals surface area contributed by atoms with Gasteiger partial charge in [-0.1, -0.05) is 11.8 Å². The standard InChI is InChI=1S/C13H16N2O2S2/c1-6-7(2)18-11-10(6)12(15-9(4)14-11)19-8(3)13(16)17-5/h8H,1-5H3. The Morgan fingerprint density at radius 3 is 2.63 bits per heavy atom. The number of thiophene rings is 1. The van der Waals surface area contributed by atoms with Gasteiger partial charge in [-0.25, -0.2) is 9.97 Å². The summed E-state index contributed by atoms with van der Waals surface area (Å²) < 4.78 is 4.76. The third-order valence-electron chi connectivity index (χ3n) is 2.93. The molecular formula is C13H16N2O2S2. The molecule has 0 fully saturated rings. The number of methoxy groups -OCH3 is 1. The van der Waals surface area contributed by atoms with Gasteiger partial charge in [0, 0.05) is 10.3 Å². The number of aromatic nitrogens is 2. The van der Waals surface area contributed by atoms with Gasteiger partial charge in [-0.2, -0.15) is 0 Å². The fraction of sp³-hybridized carbons (Fsp3) is 0.462. The molecule has 2 rings (SSSR count). The number of rotatable bonds is 3. The van der Waals surface area contributed by atoms with E-state index in [-0.39, 0.29) is 11.2 Å². The van der Waals surface area contributed by atoms with E-state index in [4.69, 9.17) is 4.74 Å². The van der Waals surface area contributed by atoms with Crippen LogP contribution in [0.3, 0.4) is 0 Å². The van der Waals surface area contributed by atoms with E-state index in [1.165, 1.54) is 29.3 Å². The summed E-state index contributed by atoms with van der Waals surface area (Å²) in [6.45, 7) is 7.85. The van der Waals surface area contributed by atoms with Crippen LogP contribution in [0.5, 0.6) is 0 Å². The van der Waals surface area contributed by atoms with Crippen molar-refractivity contribution in [3.8, 4) is 0 Å². The van der Waals surface area contributed by atoms with Crippen molar-refractivity contribution >= 4 is 39.3 Å². The number of esters is 1. The van der Waals surface area contributed by atoms with E-state index in [9.17, 15) is 4.79 Å². The fourth-order valence-corrected chi connectivity index (χ4v) is 4.00. The van der Waals surface area contributed by atoms with Crippen LogP contribution in [-0.2, 0) is 9.53 Å². The van der Waals surface area contributed by atoms with Gasteiger partial charge in [-0.15, -0.1) is 11.3 Å². The summed E-state index contributed by atoms with van der Waals surface area (Å²) in [4.78, 5) is 22.7. The number of carbonyl (C=O) groups excluding carboxylic acids is 1. The van der Waals surface area contributed by atoms with Gasteiger partial charge in [0.1, 0.15) is 20.9 Å². The van der Waals surface area contributed by atoms with Crippen molar-refractivity contribution in [2.45, 2.75) is 38.0 Å². The third kappa shape index (κ3) is 2.74. The zero-order valence-electron chi connectivity index (χ0n) is 11.6. The predicted molar refractivity (Wildman–Crippen MR) is 79.0 cm³/mol. The summed E-state index contributed by atoms with van der Waals surface area (Å²) >= 11 is 3.10. The summed E-state index contributed by atoms with van der Waals surface area (Å²) in [5, 5.41) is 1.65. The maximum Gasteiger partial charge on any atom is 0.318 e. The molecule has 19 heavy (non-hydrogen) atoms. The molecule has 0 aromatic carbocycles. The minimum atomic E-state index is -0.276. The molecule has 0 N–H and O–H groups in total. The minimum Gasteiger partial charge on any atom is -0.468 e. The highest BCUT2D eigenvalue weighted by Gasteiger charge is 2.20. The highest BCUT2D eigenvalue weighted by molar-refractivity contribution is 8.00. The lowest BCUT2D eigenvalue weighted by Gasteiger charge is -2.10. The molecule has 0 aliphatic rings. The molecule has 0 saturated carbocycles. The van der Waals surface area contributed by atoms with Crippen molar-refractivity contribution < 1.29 is 9.53 Å². The van der Waals surface area contributed by atoms with Crippen LogP contribution in [0.4, 0.5) is 0 Å². The Kier molecular flexibility index (Phi) is 4.10. The van der Waals surface area contributed by atoms with Gasteiger partial charge in [-0.05, 0) is 33.3 Å². The molecule has 0 aliphatic carbocycles. The Hall–Kier alpha value is -1.14. The van der Waals surface area contributed by atoms with E-state index < -0.39 is 0 Å². The molecular weight excluding hydrogens is 280 g/mol. The van der Waals surface area contributed by atoms with E-state index >= 15 is 0 Å². The van der Waals surface area contributed by atoms with Crippen molar-refractivity contribution in [1.82, 2.24) is 9.97 Å². The quantitative estimate of drug-likeness (QED) is 0.494. The van der Waals surface area contributed by atoms with E-state index in [1.54, 1.807) is 11.3 Å². The average Bonchev–Trinajstić information content (AvgIpc) is 2.63. The number of fused-ring (bicyclic) bond motifs is 1. The van der Waals surface area contributed by atoms with Crippen LogP contribution in [-0.4, -0.2) is 28.3 Å². The molecule has 0 radical (unpaired) electrons. The van der Waals surface area contributed by atoms with Crippen LogP contribution < -0.4 is 0 Å². The van der Waals surface area contributed by atoms with Gasteiger partial charge in [-0.3, -0.25) is 4.79 Å². The molecule has 6 heteroatoms. The Bertz CT molecular complexity index is 637. The highest BCUT2D eigenvalue weighted by Crippen LogP contribution is 2.36. The van der Waals surface area contributed by atoms with Crippen molar-refractivity contribution in [2.75, 3.05) is 7.11 Å². The number of hydrogen-bond donors (Lipinski definition) is 0. The molecule has 2 aromatic rings. The number of thioether (sulfide) groups is 1. The number of hydrogen-bond acceptors (Lipinski definition) is 6. The van der Waals surface area contributed by atoms with Gasteiger partial charge in [0.15, 0.2) is 0 Å². The molecule has 1 atom stereocenters. The van der Waals surface area contributed by atoms with E-state index in [2.05, 4.69) is 23.8 Å². The third-order valence-corrected chi connectivity index (χ3v) is 5.09. The summed E-state index contributed by atoms with van der Waals surface area (Å²) in [6.07, 6.45) is 0. The first-order valence-corrected chi connectivity index (χ1v) is 7.62. The maximum absolute atomic E-state index is 11.5. The van der Waals surface area contributed by atoms with E-state index in [1.807, 2.05) is 13.8 Å². The zero-order valence-corrected chi connectivity index (χ0v) is 13.2. The van der Waals surface area contributed by atoms with Gasteiger partial charge in [0.05, 0.1) is 7.11 Å². The molecule has 0 saturated heterocycles. The number of carbonyl (C=O) groups is 1. The van der Waals surface area contributed by atoms with Gasteiger partial charge >= 0.3 is 5.97 Å². The van der Waals surface area contributed by atoms with Crippen LogP contribution >= 0.6 is 23.1 Å². The molecule has 0 spiro atoms. The predicted octanol–water partition coefficient (Wildman–Crippen LogP) is 3.27. The number of nitrogens with zero attached hydrogens (tertiary/aromatic N) is 2. The van der Waals surface area contributed by atoms with Crippen molar-refractivity contribution in [3.63, 3.8) is 0 Å². The van der Waals surface area contributed by atoms with Crippen molar-refractivity contribution in [1.29, 1.82) is 0 Å². The largest absolute Gasteiger partial charge is 0.468 e. The monoisotopic (exact) mass is 296 g/mol. The minimum absolute atomic E-state index is 0.237. The van der Waals surface area contributed by atoms with Crippen LogP contribution in [0.1, 0.15) is 23.2 Å². The first-order chi connectivity index (χ1) is 8.93. The van der Waals surface area contributed by atoms with Gasteiger partial charge in [0.2, 0.25) is 0 Å². The maximum atomic E-state index is 11.5. The lowest BCUT2D eigenvalue weighted by atomic mass is 10.2. The second kappa shape index (κ2) is 5.46. The van der Waals surface area contributed by atoms with Crippen LogP contribution in [0.25, 0.3) is 10.2 Å². The normalized spacial score (nSPS) is 12.7. The molecule has 2 heterocycles. The molecule has 1 unspecified atom stereocenters. The lowest BCUT2D eigenvalue weighted by molar-refractivity contribution is -0.139. The van der Waals surface area contributed by atoms with Crippen LogP contribution in [0, 0.1) is 20.8 Å². The molecule has 102 valence electrons. The Labute approximate surface area is 120 Å². The van der Waals surface area contributed by atoms with Crippen LogP contribution in [0.15, 0.2) is 5.03 Å². The summed E-state index contributed by atoms with van der Waals surface area (Å²) in [6, 6.07) is 0. The highest BCUT2D eigenvalue weighted by atomic mass is 32.2. The molecule has 0 amide bonds. The molecule has 0 bridgehead atoms. The topological polar surface area (TPSA) is 52.1 Å². The van der Waals surface area contributed by atoms with Crippen molar-refractivity contribution in [2.24, 2.45) is 0 Å². The summed E-state index contributed by atoms with van der Waals surface area (Å²) in [7, 11) is 1.40. The van der Waals surface area contributed by atoms with Crippen molar-refractivity contribution in [3.05, 3.63) is 16.3 Å². The number of ether oxygens (including phenoxy) is 1. The molecule has 0 aliphatic heterocycles. The van der Waals surface area contributed by atoms with Gasteiger partial charge < -0.3 is 4.74 Å². The lowest BCUT2D eigenvalue weighted by Crippen LogP contribution is -2.15. The number of aryl methyl sites for hydroxylation is 3. The second-order valence-corrected chi connectivity index (χ2v) is 6.86. The summed E-state index contributed by atoms with van der Waals surface area (Å²) in [5.74, 6) is 0.493. The second-order valence-electron chi connectivity index (χ2n) is 4.32. The van der Waals surface area contributed by atoms with E-state index in [0.29, 0.717) is 0 Å². The molecule has 2 aromatic heterocycles. The Balaban J connectivity index is 2.50. The average molecular weight is 296 g/mol. The fourth-order valence-electron chi connectivity index (χ4n) is 1.78. The van der Waals surface area contributed by atoms with E-state index in [0.717, 1.165) is 21.1 Å². The molecule has 4 nitrogen and oxygen atoms in total.